The molecule has 3 rings (SSSR count). The van der Waals surface area contributed by atoms with Gasteiger partial charge < -0.3 is 10.1 Å². The van der Waals surface area contributed by atoms with Crippen LogP contribution < -0.4 is 10.1 Å². The summed E-state index contributed by atoms with van der Waals surface area (Å²) in [5.74, 6) is -0.791. The number of hydrogen-bond acceptors (Lipinski definition) is 4. The summed E-state index contributed by atoms with van der Waals surface area (Å²) in [6.07, 6.45) is 0.173. The number of para-hydroxylation sites is 2. The Bertz CT molecular complexity index is 1090. The van der Waals surface area contributed by atoms with Crippen LogP contribution in [0.4, 0.5) is 5.69 Å². The van der Waals surface area contributed by atoms with E-state index in [1.54, 1.807) is 24.3 Å². The number of amides is 1. The van der Waals surface area contributed by atoms with Crippen molar-refractivity contribution >= 4 is 34.1 Å². The van der Waals surface area contributed by atoms with Gasteiger partial charge in [-0.2, -0.15) is 5.26 Å². The number of aryl methyl sites for hydroxylation is 2. The molecule has 0 saturated heterocycles. The van der Waals surface area contributed by atoms with Gasteiger partial charge in [0.05, 0.1) is 24.4 Å². The summed E-state index contributed by atoms with van der Waals surface area (Å²) >= 11 is 6.37. The van der Waals surface area contributed by atoms with Crippen LogP contribution in [0.3, 0.4) is 0 Å². The fourth-order valence-electron chi connectivity index (χ4n) is 3.03. The number of ether oxygens (including phenoxy) is 1. The molecule has 6 heteroatoms. The van der Waals surface area contributed by atoms with Crippen molar-refractivity contribution in [1.82, 2.24) is 4.98 Å². The van der Waals surface area contributed by atoms with Gasteiger partial charge in [0.2, 0.25) is 5.91 Å². The predicted molar refractivity (Wildman–Crippen MR) is 111 cm³/mol. The number of anilines is 1. The first-order chi connectivity index (χ1) is 13.4. The Morgan fingerprint density at radius 3 is 2.75 bits per heavy atom. The Kier molecular flexibility index (Phi) is 5.81. The third kappa shape index (κ3) is 3.92. The van der Waals surface area contributed by atoms with Gasteiger partial charge in [0, 0.05) is 11.8 Å². The highest BCUT2D eigenvalue weighted by Crippen LogP contribution is 2.28. The van der Waals surface area contributed by atoms with Gasteiger partial charge in [-0.05, 0) is 48.7 Å². The van der Waals surface area contributed by atoms with Crippen LogP contribution in [-0.4, -0.2) is 18.0 Å². The van der Waals surface area contributed by atoms with Gasteiger partial charge in [-0.25, -0.2) is 4.98 Å². The van der Waals surface area contributed by atoms with E-state index < -0.39 is 11.8 Å². The molecule has 1 unspecified atom stereocenters. The topological polar surface area (TPSA) is 75.0 Å². The highest BCUT2D eigenvalue weighted by Gasteiger charge is 2.22. The highest BCUT2D eigenvalue weighted by molar-refractivity contribution is 6.30. The molecule has 1 N–H and O–H groups in total. The minimum Gasteiger partial charge on any atom is -0.495 e. The molecule has 0 saturated carbocycles. The lowest BCUT2D eigenvalue weighted by atomic mass is 9.98. The van der Waals surface area contributed by atoms with Crippen LogP contribution in [0.25, 0.3) is 10.9 Å². The zero-order valence-electron chi connectivity index (χ0n) is 15.9. The van der Waals surface area contributed by atoms with Crippen LogP contribution in [0.1, 0.15) is 16.7 Å². The van der Waals surface area contributed by atoms with Gasteiger partial charge in [-0.1, -0.05) is 35.9 Å². The van der Waals surface area contributed by atoms with E-state index in [1.807, 2.05) is 32.0 Å². The van der Waals surface area contributed by atoms with Crippen molar-refractivity contribution in [3.8, 4) is 11.8 Å². The molecule has 1 atom stereocenters. The van der Waals surface area contributed by atoms with E-state index in [0.717, 1.165) is 22.0 Å². The minimum absolute atomic E-state index is 0.173. The fourth-order valence-corrected chi connectivity index (χ4v) is 3.25. The van der Waals surface area contributed by atoms with Gasteiger partial charge >= 0.3 is 0 Å². The van der Waals surface area contributed by atoms with Gasteiger partial charge in [0.25, 0.3) is 0 Å². The molecule has 1 heterocycles. The average Bonchev–Trinajstić information content (AvgIpc) is 2.70. The van der Waals surface area contributed by atoms with Gasteiger partial charge in [-0.15, -0.1) is 0 Å². The molecule has 0 fully saturated rings. The summed E-state index contributed by atoms with van der Waals surface area (Å²) in [6, 6.07) is 15.0. The van der Waals surface area contributed by atoms with E-state index in [-0.39, 0.29) is 6.42 Å². The number of rotatable bonds is 5. The summed E-state index contributed by atoms with van der Waals surface area (Å²) in [5.41, 5.74) is 4.22. The third-order valence-electron chi connectivity index (χ3n) is 4.80. The first-order valence-corrected chi connectivity index (χ1v) is 9.21. The molecular weight excluding hydrogens is 374 g/mol. The number of nitrogens with zero attached hydrogens (tertiary/aromatic N) is 2. The van der Waals surface area contributed by atoms with Crippen molar-refractivity contribution in [2.75, 3.05) is 12.4 Å². The molecule has 0 bridgehead atoms. The normalized spacial score (nSPS) is 11.7. The maximum atomic E-state index is 12.6. The first kappa shape index (κ1) is 19.7. The van der Waals surface area contributed by atoms with Crippen molar-refractivity contribution in [3.05, 3.63) is 64.3 Å². The SMILES string of the molecule is COc1ccccc1NC(=O)C(C#N)Cc1cc2ccc(C)c(C)c2nc1Cl. The Morgan fingerprint density at radius 1 is 1.29 bits per heavy atom. The van der Waals surface area contributed by atoms with Crippen molar-refractivity contribution in [2.24, 2.45) is 5.92 Å². The van der Waals surface area contributed by atoms with Gasteiger partial charge in [0.15, 0.2) is 0 Å². The number of carbonyl (C=O) groups excluding carboxylic acids is 1. The number of benzene rings is 2. The smallest absolute Gasteiger partial charge is 0.242 e. The maximum absolute atomic E-state index is 12.6. The molecule has 0 aliphatic carbocycles. The monoisotopic (exact) mass is 393 g/mol. The summed E-state index contributed by atoms with van der Waals surface area (Å²) in [6.45, 7) is 4.02. The Morgan fingerprint density at radius 2 is 2.04 bits per heavy atom. The number of pyridine rings is 1. The molecule has 0 radical (unpaired) electrons. The predicted octanol–water partition coefficient (Wildman–Crippen LogP) is 4.83. The van der Waals surface area contributed by atoms with Crippen LogP contribution in [0, 0.1) is 31.1 Å². The van der Waals surface area contributed by atoms with Crippen LogP contribution in [0.5, 0.6) is 5.75 Å². The van der Waals surface area contributed by atoms with E-state index in [2.05, 4.69) is 16.4 Å². The Labute approximate surface area is 168 Å². The lowest BCUT2D eigenvalue weighted by Gasteiger charge is -2.14. The summed E-state index contributed by atoms with van der Waals surface area (Å²) in [7, 11) is 1.52. The lowest BCUT2D eigenvalue weighted by molar-refractivity contribution is -0.118. The molecule has 2 aromatic carbocycles. The molecule has 1 aromatic heterocycles. The molecule has 1 amide bonds. The number of methoxy groups -OCH3 is 1. The van der Waals surface area contributed by atoms with E-state index >= 15 is 0 Å². The number of halogens is 1. The molecule has 28 heavy (non-hydrogen) atoms. The van der Waals surface area contributed by atoms with Crippen LogP contribution in [0.15, 0.2) is 42.5 Å². The largest absolute Gasteiger partial charge is 0.495 e. The number of carbonyl (C=O) groups is 1. The third-order valence-corrected chi connectivity index (χ3v) is 5.13. The summed E-state index contributed by atoms with van der Waals surface area (Å²) in [4.78, 5) is 17.1. The average molecular weight is 394 g/mol. The Hall–Kier alpha value is -3.10. The van der Waals surface area contributed by atoms with Crippen molar-refractivity contribution in [2.45, 2.75) is 20.3 Å². The molecule has 5 nitrogen and oxygen atoms in total. The Balaban J connectivity index is 1.86. The molecule has 0 aliphatic rings. The number of fused-ring (bicyclic) bond motifs is 1. The number of nitriles is 1. The second-order valence-electron chi connectivity index (χ2n) is 6.59. The van der Waals surface area contributed by atoms with E-state index in [1.165, 1.54) is 7.11 Å². The minimum atomic E-state index is -0.909. The molecule has 0 aliphatic heterocycles. The van der Waals surface area contributed by atoms with Gasteiger partial charge in [0.1, 0.15) is 16.8 Å². The zero-order chi connectivity index (χ0) is 20.3. The highest BCUT2D eigenvalue weighted by atomic mass is 35.5. The van der Waals surface area contributed by atoms with E-state index in [4.69, 9.17) is 16.3 Å². The first-order valence-electron chi connectivity index (χ1n) is 8.83. The quantitative estimate of drug-likeness (QED) is 0.629. The van der Waals surface area contributed by atoms with Crippen LogP contribution >= 0.6 is 11.6 Å². The molecular formula is C22H20ClN3O2. The molecule has 142 valence electrons. The van der Waals surface area contributed by atoms with Gasteiger partial charge in [-0.3, -0.25) is 4.79 Å². The number of nitrogens with one attached hydrogen (secondary N) is 1. The van der Waals surface area contributed by atoms with Crippen molar-refractivity contribution in [1.29, 1.82) is 5.26 Å². The zero-order valence-corrected chi connectivity index (χ0v) is 16.7. The number of hydrogen-bond donors (Lipinski definition) is 1. The summed E-state index contributed by atoms with van der Waals surface area (Å²) in [5, 5.41) is 13.5. The fraction of sp³-hybridized carbons (Fsp3) is 0.227. The van der Waals surface area contributed by atoms with Crippen LogP contribution in [0.2, 0.25) is 5.15 Å². The summed E-state index contributed by atoms with van der Waals surface area (Å²) < 4.78 is 5.24. The van der Waals surface area contributed by atoms with Crippen molar-refractivity contribution < 1.29 is 9.53 Å². The standard InChI is InChI=1S/C22H20ClN3O2/c1-13-8-9-15-10-16(21(23)26-20(15)14(13)2)11-17(12-24)22(27)25-18-6-4-5-7-19(18)28-3/h4-10,17H,11H2,1-3H3,(H,25,27). The second kappa shape index (κ2) is 8.28. The second-order valence-corrected chi connectivity index (χ2v) is 6.95. The number of aromatic nitrogens is 1. The van der Waals surface area contributed by atoms with E-state index in [0.29, 0.717) is 22.2 Å². The maximum Gasteiger partial charge on any atom is 0.242 e. The lowest BCUT2D eigenvalue weighted by Crippen LogP contribution is -2.24. The molecule has 0 spiro atoms. The van der Waals surface area contributed by atoms with Crippen LogP contribution in [-0.2, 0) is 11.2 Å². The van der Waals surface area contributed by atoms with E-state index in [9.17, 15) is 10.1 Å². The molecule has 3 aromatic rings. The van der Waals surface area contributed by atoms with Crippen molar-refractivity contribution in [3.63, 3.8) is 0 Å².